The molecule has 6 heteroatoms. The molecule has 0 fully saturated rings. The van der Waals surface area contributed by atoms with E-state index in [2.05, 4.69) is 23.9 Å². The first-order valence-corrected chi connectivity index (χ1v) is 9.24. The molecule has 0 aromatic heterocycles. The fourth-order valence-corrected chi connectivity index (χ4v) is 2.98. The minimum atomic E-state index is -3.53. The van der Waals surface area contributed by atoms with Crippen LogP contribution in [-0.2, 0) is 10.0 Å². The lowest BCUT2D eigenvalue weighted by Gasteiger charge is -2.15. The molecule has 0 aliphatic carbocycles. The smallest absolute Gasteiger partial charge is 0.251 e. The minimum absolute atomic E-state index is 0.0978. The summed E-state index contributed by atoms with van der Waals surface area (Å²) in [7, 11) is -2.18. The molecule has 0 aliphatic rings. The van der Waals surface area contributed by atoms with E-state index in [-0.39, 0.29) is 10.8 Å². The summed E-state index contributed by atoms with van der Waals surface area (Å²) in [5.74, 6) is 0.233. The van der Waals surface area contributed by atoms with Crippen molar-refractivity contribution in [3.8, 4) is 0 Å². The highest BCUT2D eigenvalue weighted by Crippen LogP contribution is 2.13. The van der Waals surface area contributed by atoms with Gasteiger partial charge in [0.05, 0.1) is 4.90 Å². The molecule has 1 atom stereocenters. The molecule has 0 spiro atoms. The number of carbonyl (C=O) groups is 1. The lowest BCUT2D eigenvalue weighted by molar-refractivity contribution is 0.0945. The fourth-order valence-electron chi connectivity index (χ4n) is 2.20. The monoisotopic (exact) mass is 326 g/mol. The van der Waals surface area contributed by atoms with Crippen LogP contribution in [0.25, 0.3) is 0 Å². The number of nitrogens with one attached hydrogen (secondary N) is 2. The van der Waals surface area contributed by atoms with Gasteiger partial charge in [0, 0.05) is 12.1 Å². The summed E-state index contributed by atoms with van der Waals surface area (Å²) in [6.45, 7) is 4.89. The maximum Gasteiger partial charge on any atom is 0.251 e. The Bertz CT molecular complexity index is 585. The Hall–Kier alpha value is -1.40. The number of benzene rings is 1. The van der Waals surface area contributed by atoms with E-state index in [1.165, 1.54) is 19.2 Å². The van der Waals surface area contributed by atoms with Crippen LogP contribution in [0.5, 0.6) is 0 Å². The minimum Gasteiger partial charge on any atom is -0.352 e. The van der Waals surface area contributed by atoms with E-state index in [0.29, 0.717) is 18.0 Å². The zero-order valence-electron chi connectivity index (χ0n) is 13.6. The van der Waals surface area contributed by atoms with Crippen LogP contribution in [0.1, 0.15) is 49.9 Å². The van der Waals surface area contributed by atoms with Crippen molar-refractivity contribution in [3.05, 3.63) is 29.8 Å². The predicted octanol–water partition coefficient (Wildman–Crippen LogP) is 2.54. The predicted molar refractivity (Wildman–Crippen MR) is 88.3 cm³/mol. The first-order chi connectivity index (χ1) is 10.4. The molecule has 0 heterocycles. The fraction of sp³-hybridized carbons (Fsp3) is 0.562. The van der Waals surface area contributed by atoms with Gasteiger partial charge in [0.15, 0.2) is 0 Å². The number of sulfonamides is 1. The van der Waals surface area contributed by atoms with Crippen molar-refractivity contribution in [1.82, 2.24) is 10.0 Å². The summed E-state index contributed by atoms with van der Waals surface area (Å²) >= 11 is 0. The van der Waals surface area contributed by atoms with Crippen molar-refractivity contribution in [2.24, 2.45) is 5.92 Å². The maximum atomic E-state index is 12.2. The zero-order chi connectivity index (χ0) is 16.6. The number of hydrogen-bond acceptors (Lipinski definition) is 3. The molecule has 5 nitrogen and oxygen atoms in total. The molecule has 0 radical (unpaired) electrons. The van der Waals surface area contributed by atoms with E-state index in [0.717, 1.165) is 25.7 Å². The molecule has 124 valence electrons. The van der Waals surface area contributed by atoms with Crippen molar-refractivity contribution < 1.29 is 13.2 Å². The average molecular weight is 326 g/mol. The Morgan fingerprint density at radius 1 is 1.27 bits per heavy atom. The number of rotatable bonds is 9. The van der Waals surface area contributed by atoms with Crippen LogP contribution < -0.4 is 10.0 Å². The summed E-state index contributed by atoms with van der Waals surface area (Å²) in [4.78, 5) is 12.3. The zero-order valence-corrected chi connectivity index (χ0v) is 14.4. The molecule has 0 saturated heterocycles. The Labute approximate surface area is 133 Å². The van der Waals surface area contributed by atoms with Gasteiger partial charge >= 0.3 is 0 Å². The van der Waals surface area contributed by atoms with Crippen molar-refractivity contribution >= 4 is 15.9 Å². The summed E-state index contributed by atoms with van der Waals surface area (Å²) in [6, 6.07) is 6.07. The van der Waals surface area contributed by atoms with Gasteiger partial charge in [-0.2, -0.15) is 0 Å². The van der Waals surface area contributed by atoms with Gasteiger partial charge < -0.3 is 5.32 Å². The summed E-state index contributed by atoms with van der Waals surface area (Å²) in [6.07, 6.45) is 4.43. The Balaban J connectivity index is 2.72. The second kappa shape index (κ2) is 8.90. The van der Waals surface area contributed by atoms with E-state index in [1.54, 1.807) is 12.1 Å². The summed E-state index contributed by atoms with van der Waals surface area (Å²) in [5, 5.41) is 2.90. The molecule has 0 bridgehead atoms. The third-order valence-electron chi connectivity index (χ3n) is 3.77. The highest BCUT2D eigenvalue weighted by atomic mass is 32.2. The van der Waals surface area contributed by atoms with Crippen molar-refractivity contribution in [2.45, 2.75) is 44.4 Å². The van der Waals surface area contributed by atoms with Gasteiger partial charge in [-0.25, -0.2) is 13.1 Å². The third kappa shape index (κ3) is 5.42. The topological polar surface area (TPSA) is 75.3 Å². The van der Waals surface area contributed by atoms with E-state index in [1.807, 2.05) is 0 Å². The normalized spacial score (nSPS) is 12.9. The second-order valence-electron chi connectivity index (χ2n) is 5.36. The first-order valence-electron chi connectivity index (χ1n) is 7.76. The van der Waals surface area contributed by atoms with E-state index >= 15 is 0 Å². The van der Waals surface area contributed by atoms with E-state index in [9.17, 15) is 13.2 Å². The quantitative estimate of drug-likeness (QED) is 0.732. The summed E-state index contributed by atoms with van der Waals surface area (Å²) < 4.78 is 25.8. The van der Waals surface area contributed by atoms with Gasteiger partial charge in [-0.05, 0) is 37.6 Å². The molecule has 1 rings (SSSR count). The molecule has 1 aromatic rings. The molecule has 1 aromatic carbocycles. The molecule has 1 amide bonds. The SMILES string of the molecule is CCCCC(CC)CNC(=O)c1cccc(S(=O)(=O)NC)c1. The molecule has 0 aliphatic heterocycles. The van der Waals surface area contributed by atoms with Crippen LogP contribution in [0.4, 0.5) is 0 Å². The van der Waals surface area contributed by atoms with Gasteiger partial charge in [-0.3, -0.25) is 4.79 Å². The second-order valence-corrected chi connectivity index (χ2v) is 7.25. The van der Waals surface area contributed by atoms with Crippen molar-refractivity contribution in [3.63, 3.8) is 0 Å². The van der Waals surface area contributed by atoms with Crippen LogP contribution >= 0.6 is 0 Å². The number of hydrogen-bond donors (Lipinski definition) is 2. The van der Waals surface area contributed by atoms with E-state index in [4.69, 9.17) is 0 Å². The van der Waals surface area contributed by atoms with Gasteiger partial charge in [0.2, 0.25) is 10.0 Å². The van der Waals surface area contributed by atoms with Crippen LogP contribution in [0.15, 0.2) is 29.2 Å². The lowest BCUT2D eigenvalue weighted by atomic mass is 9.99. The lowest BCUT2D eigenvalue weighted by Crippen LogP contribution is -2.29. The number of unbranched alkanes of at least 4 members (excludes halogenated alkanes) is 1. The highest BCUT2D eigenvalue weighted by molar-refractivity contribution is 7.89. The Morgan fingerprint density at radius 2 is 2.00 bits per heavy atom. The average Bonchev–Trinajstić information content (AvgIpc) is 2.55. The summed E-state index contributed by atoms with van der Waals surface area (Å²) in [5.41, 5.74) is 0.363. The third-order valence-corrected chi connectivity index (χ3v) is 5.18. The van der Waals surface area contributed by atoms with Crippen molar-refractivity contribution in [1.29, 1.82) is 0 Å². The van der Waals surface area contributed by atoms with Crippen LogP contribution in [0, 0.1) is 5.92 Å². The van der Waals surface area contributed by atoms with Gasteiger partial charge in [-0.1, -0.05) is 39.2 Å². The Kier molecular flexibility index (Phi) is 7.55. The number of amides is 1. The van der Waals surface area contributed by atoms with Crippen LogP contribution in [0.3, 0.4) is 0 Å². The maximum absolute atomic E-state index is 12.2. The molecule has 22 heavy (non-hydrogen) atoms. The molecule has 1 unspecified atom stereocenters. The molecular weight excluding hydrogens is 300 g/mol. The standard InChI is InChI=1S/C16H26N2O3S/c1-4-6-8-13(5-2)12-18-16(19)14-9-7-10-15(11-14)22(20,21)17-3/h7,9-11,13,17H,4-6,8,12H2,1-3H3,(H,18,19). The van der Waals surface area contributed by atoms with Crippen molar-refractivity contribution in [2.75, 3.05) is 13.6 Å². The highest BCUT2D eigenvalue weighted by Gasteiger charge is 2.15. The van der Waals surface area contributed by atoms with E-state index < -0.39 is 10.0 Å². The van der Waals surface area contributed by atoms with Gasteiger partial charge in [0.25, 0.3) is 5.91 Å². The molecular formula is C16H26N2O3S. The van der Waals surface area contributed by atoms with Crippen LogP contribution in [-0.4, -0.2) is 27.9 Å². The number of carbonyl (C=O) groups excluding carboxylic acids is 1. The molecule has 2 N–H and O–H groups in total. The van der Waals surface area contributed by atoms with Crippen LogP contribution in [0.2, 0.25) is 0 Å². The first kappa shape index (κ1) is 18.6. The largest absolute Gasteiger partial charge is 0.352 e. The van der Waals surface area contributed by atoms with Gasteiger partial charge in [-0.15, -0.1) is 0 Å². The molecule has 0 saturated carbocycles. The van der Waals surface area contributed by atoms with Gasteiger partial charge in [0.1, 0.15) is 0 Å². The Morgan fingerprint density at radius 3 is 2.59 bits per heavy atom.